The molecular formula is C32H34O5. The van der Waals surface area contributed by atoms with Gasteiger partial charge in [0, 0.05) is 0 Å². The molecule has 0 aliphatic carbocycles. The van der Waals surface area contributed by atoms with Crippen LogP contribution in [0.5, 0.6) is 17.2 Å². The molecule has 0 aromatic heterocycles. The van der Waals surface area contributed by atoms with E-state index in [0.29, 0.717) is 25.6 Å². The molecule has 0 saturated carbocycles. The fraction of sp³-hybridized carbons (Fsp3) is 0.281. The van der Waals surface area contributed by atoms with Crippen molar-refractivity contribution >= 4 is 16.7 Å². The summed E-state index contributed by atoms with van der Waals surface area (Å²) in [5.41, 5.74) is 1.36. The molecule has 0 bridgehead atoms. The third kappa shape index (κ3) is 7.26. The number of benzene rings is 4. The maximum Gasteiger partial charge on any atom is 0.349 e. The van der Waals surface area contributed by atoms with Crippen LogP contribution >= 0.6 is 0 Å². The summed E-state index contributed by atoms with van der Waals surface area (Å²) in [4.78, 5) is 12.0. The van der Waals surface area contributed by atoms with E-state index < -0.39 is 11.6 Å². The van der Waals surface area contributed by atoms with Crippen LogP contribution in [0.15, 0.2) is 91.0 Å². The molecule has 5 heteroatoms. The van der Waals surface area contributed by atoms with Crippen molar-refractivity contribution in [3.05, 3.63) is 91.0 Å². The second-order valence-corrected chi connectivity index (χ2v) is 9.30. The van der Waals surface area contributed by atoms with Crippen LogP contribution in [-0.2, 0) is 9.53 Å². The monoisotopic (exact) mass is 498 g/mol. The Labute approximate surface area is 218 Å². The van der Waals surface area contributed by atoms with Gasteiger partial charge in [-0.1, -0.05) is 48.5 Å². The molecule has 0 atom stereocenters. The number of fused-ring (bicyclic) bond motifs is 1. The number of hydrogen-bond donors (Lipinski definition) is 0. The predicted molar refractivity (Wildman–Crippen MR) is 147 cm³/mol. The van der Waals surface area contributed by atoms with Crippen molar-refractivity contribution in [2.45, 2.75) is 39.2 Å². The van der Waals surface area contributed by atoms with Gasteiger partial charge in [0.2, 0.25) is 0 Å². The van der Waals surface area contributed by atoms with Crippen LogP contribution in [0.3, 0.4) is 0 Å². The zero-order chi connectivity index (χ0) is 26.1. The van der Waals surface area contributed by atoms with Gasteiger partial charge in [0.15, 0.2) is 5.60 Å². The molecule has 0 unspecified atom stereocenters. The molecule has 0 heterocycles. The van der Waals surface area contributed by atoms with E-state index in [1.807, 2.05) is 24.3 Å². The molecule has 0 saturated heterocycles. The number of rotatable bonds is 12. The van der Waals surface area contributed by atoms with Gasteiger partial charge in [-0.2, -0.15) is 0 Å². The molecule has 0 aliphatic rings. The van der Waals surface area contributed by atoms with Crippen molar-refractivity contribution < 1.29 is 23.7 Å². The minimum Gasteiger partial charge on any atom is -0.494 e. The molecule has 0 radical (unpaired) electrons. The van der Waals surface area contributed by atoms with E-state index in [0.717, 1.165) is 24.3 Å². The molecule has 0 fully saturated rings. The molecule has 0 aliphatic heterocycles. The molecule has 0 spiro atoms. The Hall–Kier alpha value is -3.99. The summed E-state index contributed by atoms with van der Waals surface area (Å²) in [6.45, 7) is 6.70. The smallest absolute Gasteiger partial charge is 0.349 e. The van der Waals surface area contributed by atoms with Crippen LogP contribution in [0.1, 0.15) is 33.6 Å². The maximum absolute atomic E-state index is 12.0. The zero-order valence-electron chi connectivity index (χ0n) is 21.7. The highest BCUT2D eigenvalue weighted by molar-refractivity contribution is 5.88. The van der Waals surface area contributed by atoms with E-state index in [-0.39, 0.29) is 0 Å². The van der Waals surface area contributed by atoms with Gasteiger partial charge in [-0.25, -0.2) is 4.79 Å². The van der Waals surface area contributed by atoms with Crippen molar-refractivity contribution in [3.8, 4) is 28.4 Å². The second-order valence-electron chi connectivity index (χ2n) is 9.30. The summed E-state index contributed by atoms with van der Waals surface area (Å²) in [7, 11) is 0. The maximum atomic E-state index is 12.0. The highest BCUT2D eigenvalue weighted by atomic mass is 16.6. The first-order valence-electron chi connectivity index (χ1n) is 12.8. The number of esters is 1. The lowest BCUT2D eigenvalue weighted by molar-refractivity contribution is -0.158. The highest BCUT2D eigenvalue weighted by Crippen LogP contribution is 2.27. The van der Waals surface area contributed by atoms with E-state index >= 15 is 0 Å². The molecule has 5 nitrogen and oxygen atoms in total. The van der Waals surface area contributed by atoms with Crippen LogP contribution in [0.2, 0.25) is 0 Å². The number of ether oxygens (including phenoxy) is 4. The van der Waals surface area contributed by atoms with Gasteiger partial charge < -0.3 is 18.9 Å². The molecule has 192 valence electrons. The van der Waals surface area contributed by atoms with Gasteiger partial charge in [-0.3, -0.25) is 0 Å². The van der Waals surface area contributed by atoms with Crippen molar-refractivity contribution in [1.82, 2.24) is 0 Å². The number of carbonyl (C=O) groups excluding carboxylic acids is 1. The predicted octanol–water partition coefficient (Wildman–Crippen LogP) is 7.47. The van der Waals surface area contributed by atoms with E-state index in [1.54, 1.807) is 32.9 Å². The minimum atomic E-state index is -1.05. The second kappa shape index (κ2) is 12.3. The van der Waals surface area contributed by atoms with Crippen molar-refractivity contribution in [2.24, 2.45) is 0 Å². The summed E-state index contributed by atoms with van der Waals surface area (Å²) in [6, 6.07) is 30.4. The molecule has 37 heavy (non-hydrogen) atoms. The van der Waals surface area contributed by atoms with Crippen molar-refractivity contribution in [3.63, 3.8) is 0 Å². The van der Waals surface area contributed by atoms with Crippen LogP contribution in [0, 0.1) is 0 Å². The summed E-state index contributed by atoms with van der Waals surface area (Å²) < 4.78 is 22.7. The first kappa shape index (κ1) is 26.1. The molecule has 0 N–H and O–H groups in total. The number of unbranched alkanes of at least 4 members (excludes halogenated alkanes) is 1. The quantitative estimate of drug-likeness (QED) is 0.150. The standard InChI is InChI=1S/C32H34O5/c1-4-34-31(33)32(2,3)37-29-18-16-28(17-19-29)35-20-8-9-21-36-30-15-14-25-12-13-26(22-27(25)23-30)24-10-6-5-7-11-24/h5-7,10-19,22-23H,4,8-9,20-21H2,1-3H3. The third-order valence-corrected chi connectivity index (χ3v) is 5.96. The van der Waals surface area contributed by atoms with E-state index in [9.17, 15) is 4.79 Å². The van der Waals surface area contributed by atoms with Crippen LogP contribution in [0.4, 0.5) is 0 Å². The molecule has 4 aromatic rings. The Morgan fingerprint density at radius 1 is 0.676 bits per heavy atom. The Morgan fingerprint density at radius 2 is 1.30 bits per heavy atom. The van der Waals surface area contributed by atoms with Crippen LogP contribution in [-0.4, -0.2) is 31.4 Å². The van der Waals surface area contributed by atoms with Crippen molar-refractivity contribution in [2.75, 3.05) is 19.8 Å². The minimum absolute atomic E-state index is 0.321. The van der Waals surface area contributed by atoms with Gasteiger partial charge >= 0.3 is 5.97 Å². The molecule has 4 rings (SSSR count). The van der Waals surface area contributed by atoms with E-state index in [1.165, 1.54) is 21.9 Å². The molecule has 0 amide bonds. The summed E-state index contributed by atoms with van der Waals surface area (Å²) in [5.74, 6) is 1.83. The zero-order valence-corrected chi connectivity index (χ0v) is 21.7. The van der Waals surface area contributed by atoms with E-state index in [4.69, 9.17) is 18.9 Å². The molecular weight excluding hydrogens is 464 g/mol. The van der Waals surface area contributed by atoms with E-state index in [2.05, 4.69) is 54.6 Å². The molecule has 4 aromatic carbocycles. The van der Waals surface area contributed by atoms with Gasteiger partial charge in [-0.15, -0.1) is 0 Å². The van der Waals surface area contributed by atoms with Gasteiger partial charge in [-0.05, 0) is 98.0 Å². The van der Waals surface area contributed by atoms with Crippen LogP contribution < -0.4 is 14.2 Å². The summed E-state index contributed by atoms with van der Waals surface area (Å²) in [5, 5.41) is 2.36. The van der Waals surface area contributed by atoms with Crippen LogP contribution in [0.25, 0.3) is 21.9 Å². The normalized spacial score (nSPS) is 11.2. The van der Waals surface area contributed by atoms with Gasteiger partial charge in [0.1, 0.15) is 17.2 Å². The Bertz CT molecular complexity index is 1300. The summed E-state index contributed by atoms with van der Waals surface area (Å²) >= 11 is 0. The van der Waals surface area contributed by atoms with Crippen molar-refractivity contribution in [1.29, 1.82) is 0 Å². The first-order chi connectivity index (χ1) is 17.9. The fourth-order valence-electron chi connectivity index (χ4n) is 3.95. The first-order valence-corrected chi connectivity index (χ1v) is 12.8. The lowest BCUT2D eigenvalue weighted by Gasteiger charge is -2.24. The largest absolute Gasteiger partial charge is 0.494 e. The third-order valence-electron chi connectivity index (χ3n) is 5.96. The van der Waals surface area contributed by atoms with Gasteiger partial charge in [0.05, 0.1) is 19.8 Å². The number of hydrogen-bond acceptors (Lipinski definition) is 5. The lowest BCUT2D eigenvalue weighted by atomic mass is 10.0. The van der Waals surface area contributed by atoms with Gasteiger partial charge in [0.25, 0.3) is 0 Å². The SMILES string of the molecule is CCOC(=O)C(C)(C)Oc1ccc(OCCCCOc2ccc3ccc(-c4ccccc4)cc3c2)cc1. The average Bonchev–Trinajstić information content (AvgIpc) is 2.91. The summed E-state index contributed by atoms with van der Waals surface area (Å²) in [6.07, 6.45) is 1.76. The fourth-order valence-corrected chi connectivity index (χ4v) is 3.95. The Kier molecular flexibility index (Phi) is 8.68. The Morgan fingerprint density at radius 3 is 2.00 bits per heavy atom. The number of carbonyl (C=O) groups is 1. The average molecular weight is 499 g/mol. The lowest BCUT2D eigenvalue weighted by Crippen LogP contribution is -2.39. The highest BCUT2D eigenvalue weighted by Gasteiger charge is 2.31. The topological polar surface area (TPSA) is 54.0 Å². The Balaban J connectivity index is 1.20.